The van der Waals surface area contributed by atoms with Crippen LogP contribution in [0.25, 0.3) is 0 Å². The van der Waals surface area contributed by atoms with Gasteiger partial charge in [-0.25, -0.2) is 4.39 Å². The lowest BCUT2D eigenvalue weighted by atomic mass is 9.94. The molecule has 0 heterocycles. The van der Waals surface area contributed by atoms with Crippen molar-refractivity contribution in [1.29, 1.82) is 0 Å². The molecule has 1 unspecified atom stereocenters. The largest absolute Gasteiger partial charge is 0.494 e. The molecule has 2 rings (SSSR count). The summed E-state index contributed by atoms with van der Waals surface area (Å²) in [6, 6.07) is 10.6. The van der Waals surface area contributed by atoms with Crippen molar-refractivity contribution < 1.29 is 9.13 Å². The smallest absolute Gasteiger partial charge is 0.128 e. The average Bonchev–Trinajstić information content (AvgIpc) is 2.44. The van der Waals surface area contributed by atoms with Gasteiger partial charge in [-0.2, -0.15) is 0 Å². The minimum absolute atomic E-state index is 0.250. The second-order valence-corrected chi connectivity index (χ2v) is 5.38. The van der Waals surface area contributed by atoms with Gasteiger partial charge in [-0.15, -0.1) is 0 Å². The van der Waals surface area contributed by atoms with Crippen molar-refractivity contribution in [3.8, 4) is 5.75 Å². The topological polar surface area (TPSA) is 35.2 Å². The number of hydrogen-bond acceptors (Lipinski definition) is 2. The van der Waals surface area contributed by atoms with Gasteiger partial charge in [-0.05, 0) is 55.2 Å². The van der Waals surface area contributed by atoms with Crippen LogP contribution >= 0.6 is 0 Å². The van der Waals surface area contributed by atoms with Crippen molar-refractivity contribution >= 4 is 0 Å². The Morgan fingerprint density at radius 2 is 1.95 bits per heavy atom. The van der Waals surface area contributed by atoms with Crippen LogP contribution in [0.4, 0.5) is 4.39 Å². The van der Waals surface area contributed by atoms with Gasteiger partial charge in [0.2, 0.25) is 0 Å². The van der Waals surface area contributed by atoms with Gasteiger partial charge in [0.05, 0.1) is 12.6 Å². The molecule has 21 heavy (non-hydrogen) atoms. The molecule has 0 aliphatic carbocycles. The van der Waals surface area contributed by atoms with E-state index in [0.717, 1.165) is 28.9 Å². The maximum absolute atomic E-state index is 14.2. The third kappa shape index (κ3) is 3.61. The number of benzene rings is 2. The second-order valence-electron chi connectivity index (χ2n) is 5.38. The molecule has 3 heteroatoms. The first-order valence-corrected chi connectivity index (χ1v) is 7.28. The number of aryl methyl sites for hydroxylation is 2. The van der Waals surface area contributed by atoms with Gasteiger partial charge in [0.15, 0.2) is 0 Å². The lowest BCUT2D eigenvalue weighted by molar-refractivity contribution is 0.317. The molecule has 2 aromatic rings. The van der Waals surface area contributed by atoms with E-state index in [1.165, 1.54) is 6.07 Å². The summed E-state index contributed by atoms with van der Waals surface area (Å²) in [5, 5.41) is 0. The highest BCUT2D eigenvalue weighted by Crippen LogP contribution is 2.28. The Bertz CT molecular complexity index is 601. The molecule has 0 fully saturated rings. The summed E-state index contributed by atoms with van der Waals surface area (Å²) in [6.07, 6.45) is 0.946. The molecule has 0 radical (unpaired) electrons. The SMILES string of the molecule is CCCOc1cccc(C(N)c2c(C)cc(C)cc2F)c1. The third-order valence-corrected chi connectivity index (χ3v) is 3.48. The fraction of sp³-hybridized carbons (Fsp3) is 0.333. The van der Waals surface area contributed by atoms with E-state index in [0.29, 0.717) is 12.2 Å². The van der Waals surface area contributed by atoms with Gasteiger partial charge in [0, 0.05) is 5.56 Å². The number of hydrogen-bond donors (Lipinski definition) is 1. The average molecular weight is 287 g/mol. The molecule has 2 N–H and O–H groups in total. The quantitative estimate of drug-likeness (QED) is 0.891. The maximum Gasteiger partial charge on any atom is 0.128 e. The lowest BCUT2D eigenvalue weighted by Crippen LogP contribution is -2.15. The summed E-state index contributed by atoms with van der Waals surface area (Å²) in [4.78, 5) is 0. The van der Waals surface area contributed by atoms with E-state index in [2.05, 4.69) is 6.92 Å². The fourth-order valence-corrected chi connectivity index (χ4v) is 2.51. The first-order valence-electron chi connectivity index (χ1n) is 7.28. The van der Waals surface area contributed by atoms with Crippen molar-refractivity contribution in [2.75, 3.05) is 6.61 Å². The van der Waals surface area contributed by atoms with E-state index in [4.69, 9.17) is 10.5 Å². The Labute approximate surface area is 125 Å². The summed E-state index contributed by atoms with van der Waals surface area (Å²) in [5.74, 6) is 0.523. The summed E-state index contributed by atoms with van der Waals surface area (Å²) in [5.41, 5.74) is 9.45. The highest BCUT2D eigenvalue weighted by atomic mass is 19.1. The standard InChI is InChI=1S/C18H22FNO/c1-4-8-21-15-7-5-6-14(11-15)18(20)17-13(3)9-12(2)10-16(17)19/h5-7,9-11,18H,4,8,20H2,1-3H3. The van der Waals surface area contributed by atoms with E-state index in [1.54, 1.807) is 0 Å². The zero-order chi connectivity index (χ0) is 15.4. The van der Waals surface area contributed by atoms with Crippen molar-refractivity contribution in [1.82, 2.24) is 0 Å². The van der Waals surface area contributed by atoms with Crippen LogP contribution in [0.2, 0.25) is 0 Å². The lowest BCUT2D eigenvalue weighted by Gasteiger charge is -2.18. The van der Waals surface area contributed by atoms with Crippen molar-refractivity contribution in [2.45, 2.75) is 33.2 Å². The highest BCUT2D eigenvalue weighted by molar-refractivity contribution is 5.41. The summed E-state index contributed by atoms with van der Waals surface area (Å²) in [7, 11) is 0. The Balaban J connectivity index is 2.34. The normalized spacial score (nSPS) is 12.2. The van der Waals surface area contributed by atoms with E-state index in [9.17, 15) is 4.39 Å². The van der Waals surface area contributed by atoms with Crippen molar-refractivity contribution in [2.24, 2.45) is 5.73 Å². The molecule has 0 spiro atoms. The van der Waals surface area contributed by atoms with Crippen molar-refractivity contribution in [3.63, 3.8) is 0 Å². The first-order chi connectivity index (χ1) is 10.0. The van der Waals surface area contributed by atoms with E-state index in [1.807, 2.05) is 44.2 Å². The van der Waals surface area contributed by atoms with Crippen LogP contribution in [0.1, 0.15) is 41.6 Å². The van der Waals surface area contributed by atoms with Gasteiger partial charge in [0.25, 0.3) is 0 Å². The Hall–Kier alpha value is -1.87. The molecule has 0 aliphatic rings. The molecule has 0 bridgehead atoms. The van der Waals surface area contributed by atoms with E-state index < -0.39 is 6.04 Å². The summed E-state index contributed by atoms with van der Waals surface area (Å²) >= 11 is 0. The zero-order valence-electron chi connectivity index (χ0n) is 12.8. The molecular formula is C18H22FNO. The van der Waals surface area contributed by atoms with Crippen LogP contribution in [0.15, 0.2) is 36.4 Å². The van der Waals surface area contributed by atoms with E-state index >= 15 is 0 Å². The number of halogens is 1. The molecule has 1 atom stereocenters. The Morgan fingerprint density at radius 1 is 1.19 bits per heavy atom. The van der Waals surface area contributed by atoms with Crippen LogP contribution in [0.5, 0.6) is 5.75 Å². The van der Waals surface area contributed by atoms with Crippen LogP contribution in [0.3, 0.4) is 0 Å². The van der Waals surface area contributed by atoms with Gasteiger partial charge in [-0.3, -0.25) is 0 Å². The molecule has 0 amide bonds. The molecule has 0 aliphatic heterocycles. The van der Waals surface area contributed by atoms with Gasteiger partial charge in [0.1, 0.15) is 11.6 Å². The van der Waals surface area contributed by atoms with Crippen LogP contribution < -0.4 is 10.5 Å². The molecule has 0 saturated carbocycles. The molecule has 2 aromatic carbocycles. The number of nitrogens with two attached hydrogens (primary N) is 1. The second kappa shape index (κ2) is 6.72. The zero-order valence-corrected chi connectivity index (χ0v) is 12.8. The van der Waals surface area contributed by atoms with Crippen LogP contribution in [-0.2, 0) is 0 Å². The number of ether oxygens (including phenoxy) is 1. The first kappa shape index (κ1) is 15.5. The Kier molecular flexibility index (Phi) is 4.97. The molecule has 0 aromatic heterocycles. The van der Waals surface area contributed by atoms with Gasteiger partial charge in [-0.1, -0.05) is 25.1 Å². The predicted octanol–water partition coefficient (Wildman–Crippen LogP) is 4.28. The fourth-order valence-electron chi connectivity index (χ4n) is 2.51. The molecule has 112 valence electrons. The monoisotopic (exact) mass is 287 g/mol. The highest BCUT2D eigenvalue weighted by Gasteiger charge is 2.17. The van der Waals surface area contributed by atoms with Crippen molar-refractivity contribution in [3.05, 3.63) is 64.5 Å². The summed E-state index contributed by atoms with van der Waals surface area (Å²) < 4.78 is 19.9. The summed E-state index contributed by atoms with van der Waals surface area (Å²) in [6.45, 7) is 6.49. The molecular weight excluding hydrogens is 265 g/mol. The minimum Gasteiger partial charge on any atom is -0.494 e. The van der Waals surface area contributed by atoms with Crippen LogP contribution in [-0.4, -0.2) is 6.61 Å². The van der Waals surface area contributed by atoms with E-state index in [-0.39, 0.29) is 5.82 Å². The minimum atomic E-state index is -0.490. The molecule has 0 saturated heterocycles. The molecule has 2 nitrogen and oxygen atoms in total. The number of rotatable bonds is 5. The van der Waals surface area contributed by atoms with Gasteiger partial charge < -0.3 is 10.5 Å². The third-order valence-electron chi connectivity index (χ3n) is 3.48. The predicted molar refractivity (Wildman–Crippen MR) is 84.1 cm³/mol. The maximum atomic E-state index is 14.2. The van der Waals surface area contributed by atoms with Crippen LogP contribution in [0, 0.1) is 19.7 Å². The Morgan fingerprint density at radius 3 is 2.62 bits per heavy atom. The van der Waals surface area contributed by atoms with Gasteiger partial charge >= 0.3 is 0 Å².